The number of likely N-dealkylation sites (N-methyl/N-ethyl adjacent to an activating group) is 1. The van der Waals surface area contributed by atoms with Gasteiger partial charge in [0.15, 0.2) is 0 Å². The van der Waals surface area contributed by atoms with Gasteiger partial charge in [-0.05, 0) is 47.6 Å². The predicted octanol–water partition coefficient (Wildman–Crippen LogP) is 3.68. The smallest absolute Gasteiger partial charge is 0.0448 e. The highest BCUT2D eigenvalue weighted by atomic mass is 15.1. The highest BCUT2D eigenvalue weighted by Gasteiger charge is 2.14. The Morgan fingerprint density at radius 2 is 2.05 bits per heavy atom. The van der Waals surface area contributed by atoms with Crippen LogP contribution in [0.15, 0.2) is 24.4 Å². The van der Waals surface area contributed by atoms with Crippen LogP contribution < -0.4 is 10.2 Å². The van der Waals surface area contributed by atoms with E-state index in [-0.39, 0.29) is 5.54 Å². The molecule has 3 heteroatoms. The summed E-state index contributed by atoms with van der Waals surface area (Å²) in [6.07, 6.45) is 1.99. The van der Waals surface area contributed by atoms with Crippen LogP contribution in [0.3, 0.4) is 0 Å². The number of nitrogens with one attached hydrogen (secondary N) is 1. The van der Waals surface area contributed by atoms with E-state index in [9.17, 15) is 0 Å². The number of pyridine rings is 1. The molecule has 0 bridgehead atoms. The van der Waals surface area contributed by atoms with E-state index in [1.165, 1.54) is 16.8 Å². The van der Waals surface area contributed by atoms with Gasteiger partial charge in [-0.15, -0.1) is 0 Å². The van der Waals surface area contributed by atoms with Crippen LogP contribution in [0.1, 0.15) is 45.9 Å². The maximum Gasteiger partial charge on any atom is 0.0448 e. The number of nitrogens with zero attached hydrogens (tertiary/aromatic N) is 2. The van der Waals surface area contributed by atoms with E-state index >= 15 is 0 Å². The Hall–Kier alpha value is -1.35. The Morgan fingerprint density at radius 1 is 1.40 bits per heavy atom. The van der Waals surface area contributed by atoms with Gasteiger partial charge in [-0.2, -0.15) is 0 Å². The average Bonchev–Trinajstić information content (AvgIpc) is 2.33. The van der Waals surface area contributed by atoms with Crippen molar-refractivity contribution in [1.29, 1.82) is 0 Å². The molecule has 0 amide bonds. The average molecular weight is 275 g/mol. The van der Waals surface area contributed by atoms with E-state index < -0.39 is 0 Å². The zero-order chi connectivity index (χ0) is 15.3. The number of aryl methyl sites for hydroxylation is 1. The summed E-state index contributed by atoms with van der Waals surface area (Å²) < 4.78 is 0. The van der Waals surface area contributed by atoms with Gasteiger partial charge in [0.05, 0.1) is 0 Å². The van der Waals surface area contributed by atoms with E-state index in [1.54, 1.807) is 0 Å². The van der Waals surface area contributed by atoms with Crippen molar-refractivity contribution >= 4 is 5.69 Å². The Labute approximate surface area is 124 Å². The van der Waals surface area contributed by atoms with E-state index in [4.69, 9.17) is 0 Å². The largest absolute Gasteiger partial charge is 0.367 e. The second kappa shape index (κ2) is 6.89. The summed E-state index contributed by atoms with van der Waals surface area (Å²) in [6.45, 7) is 19.6. The minimum atomic E-state index is 0.105. The molecule has 0 aliphatic heterocycles. The summed E-state index contributed by atoms with van der Waals surface area (Å²) >= 11 is 0. The Kier molecular flexibility index (Phi) is 5.75. The molecule has 0 saturated heterocycles. The van der Waals surface area contributed by atoms with Gasteiger partial charge in [-0.1, -0.05) is 12.2 Å². The summed E-state index contributed by atoms with van der Waals surface area (Å²) in [5, 5.41) is 3.54. The third kappa shape index (κ3) is 5.33. The van der Waals surface area contributed by atoms with Crippen LogP contribution in [-0.2, 0) is 6.54 Å². The third-order valence-corrected chi connectivity index (χ3v) is 3.09. The molecule has 1 N–H and O–H groups in total. The number of hydrogen-bond acceptors (Lipinski definition) is 3. The lowest BCUT2D eigenvalue weighted by atomic mass is 10.1. The van der Waals surface area contributed by atoms with Gasteiger partial charge in [-0.3, -0.25) is 4.98 Å². The fourth-order valence-electron chi connectivity index (χ4n) is 2.06. The number of rotatable bonds is 6. The summed E-state index contributed by atoms with van der Waals surface area (Å²) in [5.74, 6) is 0. The lowest BCUT2D eigenvalue weighted by Gasteiger charge is -2.28. The van der Waals surface area contributed by atoms with Gasteiger partial charge < -0.3 is 10.2 Å². The minimum Gasteiger partial charge on any atom is -0.367 e. The zero-order valence-electron chi connectivity index (χ0n) is 13.9. The highest BCUT2D eigenvalue weighted by molar-refractivity contribution is 5.54. The second-order valence-corrected chi connectivity index (χ2v) is 6.53. The molecule has 1 heterocycles. The van der Waals surface area contributed by atoms with Gasteiger partial charge in [0.2, 0.25) is 0 Å². The molecule has 0 radical (unpaired) electrons. The number of aromatic nitrogens is 1. The number of hydrogen-bond donors (Lipinski definition) is 1. The predicted molar refractivity (Wildman–Crippen MR) is 88.3 cm³/mol. The molecule has 0 spiro atoms. The molecule has 0 atom stereocenters. The van der Waals surface area contributed by atoms with Crippen LogP contribution in [-0.4, -0.2) is 23.6 Å². The van der Waals surface area contributed by atoms with Crippen molar-refractivity contribution in [2.45, 2.75) is 53.6 Å². The lowest BCUT2D eigenvalue weighted by Crippen LogP contribution is -2.36. The van der Waals surface area contributed by atoms with Crippen molar-refractivity contribution in [3.05, 3.63) is 35.7 Å². The van der Waals surface area contributed by atoms with Crippen molar-refractivity contribution < 1.29 is 0 Å². The van der Waals surface area contributed by atoms with E-state index in [0.717, 1.165) is 25.3 Å². The molecule has 0 aliphatic rings. The molecular formula is C17H29N3. The molecule has 0 aliphatic carbocycles. The van der Waals surface area contributed by atoms with Gasteiger partial charge >= 0.3 is 0 Å². The van der Waals surface area contributed by atoms with Crippen molar-refractivity contribution in [3.8, 4) is 0 Å². The summed E-state index contributed by atoms with van der Waals surface area (Å²) in [5.41, 5.74) is 4.84. The van der Waals surface area contributed by atoms with Gasteiger partial charge in [0.1, 0.15) is 0 Å². The quantitative estimate of drug-likeness (QED) is 0.803. The molecule has 3 nitrogen and oxygen atoms in total. The Bertz CT molecular complexity index is 458. The minimum absolute atomic E-state index is 0.105. The van der Waals surface area contributed by atoms with Gasteiger partial charge in [-0.25, -0.2) is 0 Å². The zero-order valence-corrected chi connectivity index (χ0v) is 13.9. The normalized spacial score (nSPS) is 11.5. The summed E-state index contributed by atoms with van der Waals surface area (Å²) in [7, 11) is 0. The topological polar surface area (TPSA) is 28.2 Å². The van der Waals surface area contributed by atoms with Crippen molar-refractivity contribution in [2.24, 2.45) is 0 Å². The van der Waals surface area contributed by atoms with Crippen LogP contribution in [0.5, 0.6) is 0 Å². The molecule has 0 saturated carbocycles. The first-order chi connectivity index (χ1) is 9.23. The molecule has 0 aromatic carbocycles. The summed E-state index contributed by atoms with van der Waals surface area (Å²) in [4.78, 5) is 6.81. The fourth-order valence-corrected chi connectivity index (χ4v) is 2.06. The third-order valence-electron chi connectivity index (χ3n) is 3.09. The van der Waals surface area contributed by atoms with E-state index in [2.05, 4.69) is 62.5 Å². The molecule has 1 aromatic heterocycles. The Balaban J connectivity index is 3.02. The van der Waals surface area contributed by atoms with Gasteiger partial charge in [0, 0.05) is 48.3 Å². The molecule has 1 aromatic rings. The van der Waals surface area contributed by atoms with Crippen LogP contribution in [0, 0.1) is 6.92 Å². The number of anilines is 1. The summed E-state index contributed by atoms with van der Waals surface area (Å²) in [6, 6.07) is 2.17. The van der Waals surface area contributed by atoms with E-state index in [0.29, 0.717) is 0 Å². The highest BCUT2D eigenvalue weighted by Crippen LogP contribution is 2.22. The Morgan fingerprint density at radius 3 is 2.55 bits per heavy atom. The molecular weight excluding hydrogens is 246 g/mol. The van der Waals surface area contributed by atoms with Crippen molar-refractivity contribution in [3.63, 3.8) is 0 Å². The molecule has 0 fully saturated rings. The van der Waals surface area contributed by atoms with Gasteiger partial charge in [0.25, 0.3) is 0 Å². The van der Waals surface area contributed by atoms with Crippen molar-refractivity contribution in [1.82, 2.24) is 10.3 Å². The SMILES string of the molecule is C=C(C)CN(CC)c1cc(C)ncc1CNC(C)(C)C. The molecule has 112 valence electrons. The maximum absolute atomic E-state index is 4.45. The van der Waals surface area contributed by atoms with Crippen LogP contribution >= 0.6 is 0 Å². The first-order valence-corrected chi connectivity index (χ1v) is 7.33. The molecule has 20 heavy (non-hydrogen) atoms. The van der Waals surface area contributed by atoms with Crippen molar-refractivity contribution in [2.75, 3.05) is 18.0 Å². The molecule has 0 unspecified atom stereocenters. The first-order valence-electron chi connectivity index (χ1n) is 7.33. The molecule has 1 rings (SSSR count). The van der Waals surface area contributed by atoms with Crippen LogP contribution in [0.25, 0.3) is 0 Å². The standard InChI is InChI=1S/C17H29N3/c1-8-20(12-13(2)3)16-9-14(4)18-10-15(16)11-19-17(5,6)7/h9-10,19H,2,8,11-12H2,1,3-7H3. The maximum atomic E-state index is 4.45. The second-order valence-electron chi connectivity index (χ2n) is 6.53. The van der Waals surface area contributed by atoms with E-state index in [1.807, 2.05) is 13.1 Å². The lowest BCUT2D eigenvalue weighted by molar-refractivity contribution is 0.424. The van der Waals surface area contributed by atoms with Crippen LogP contribution in [0.4, 0.5) is 5.69 Å². The fraction of sp³-hybridized carbons (Fsp3) is 0.588. The first kappa shape index (κ1) is 16.7. The van der Waals surface area contributed by atoms with Crippen LogP contribution in [0.2, 0.25) is 0 Å². The monoisotopic (exact) mass is 275 g/mol.